The van der Waals surface area contributed by atoms with E-state index in [-0.39, 0.29) is 61.0 Å². The second-order valence-electron chi connectivity index (χ2n) is 8.50. The minimum Gasteiger partial charge on any atom is -0.870 e. The fraction of sp³-hybridized carbons (Fsp3) is 0.222. The third-order valence-electron chi connectivity index (χ3n) is 4.88. The average Bonchev–Trinajstić information content (AvgIpc) is 3.16. The fourth-order valence-electron chi connectivity index (χ4n) is 3.05. The van der Waals surface area contributed by atoms with E-state index in [4.69, 9.17) is 50.3 Å². The van der Waals surface area contributed by atoms with Gasteiger partial charge in [0, 0.05) is 51.0 Å². The number of aliphatic hydroxyl groups excluding tert-OH is 2. The predicted molar refractivity (Wildman–Crippen MR) is 206 cm³/mol. The Kier molecular flexibility index (Phi) is 57.9. The van der Waals surface area contributed by atoms with E-state index in [1.807, 2.05) is 36.4 Å². The van der Waals surface area contributed by atoms with Gasteiger partial charge < -0.3 is 60.5 Å². The first-order chi connectivity index (χ1) is 25.9. The molecule has 57 heavy (non-hydrogen) atoms. The van der Waals surface area contributed by atoms with Crippen LogP contribution in [0.15, 0.2) is 95.2 Å². The minimum absolute atomic E-state index is 0. The molecule has 2 aromatic heterocycles. The van der Waals surface area contributed by atoms with Crippen LogP contribution in [0.1, 0.15) is 36.4 Å². The molecule has 4 rings (SSSR count). The van der Waals surface area contributed by atoms with Gasteiger partial charge in [-0.15, -0.1) is 0 Å². The summed E-state index contributed by atoms with van der Waals surface area (Å²) in [7, 11) is 4.96. The van der Waals surface area contributed by atoms with E-state index in [1.165, 1.54) is 24.5 Å². The SMILES string of the molecule is CC(=O)[O-].CC(=O)[O-].CO.CO.COc1cccc(C=NCc2ccccn2)c1[O-].COc1cccc(C=NCc2ccccn2)c1[O-].[N-]=C=S.[N-]=C=S.[Ni+2].[Ni+2].[Ni+2]. The van der Waals surface area contributed by atoms with E-state index < -0.39 is 11.9 Å². The maximum atomic E-state index is 11.8. The number of benzene rings is 2. The number of isothiocyanates is 2. The summed E-state index contributed by atoms with van der Waals surface area (Å²) in [5, 5.41) is 72.3. The van der Waals surface area contributed by atoms with Crippen molar-refractivity contribution in [1.82, 2.24) is 9.97 Å². The minimum atomic E-state index is -1.08. The van der Waals surface area contributed by atoms with Crippen molar-refractivity contribution in [1.29, 1.82) is 0 Å². The number of hydrogen-bond donors (Lipinski definition) is 2. The molecule has 0 bridgehead atoms. The van der Waals surface area contributed by atoms with Crippen LogP contribution >= 0.6 is 24.4 Å². The van der Waals surface area contributed by atoms with E-state index in [2.05, 4.69) is 44.4 Å². The Labute approximate surface area is 373 Å². The summed E-state index contributed by atoms with van der Waals surface area (Å²) in [5.74, 6) is -1.80. The van der Waals surface area contributed by atoms with Crippen molar-refractivity contribution in [3.63, 3.8) is 0 Å². The number of aliphatic hydroxyl groups is 2. The maximum Gasteiger partial charge on any atom is 2.00 e. The summed E-state index contributed by atoms with van der Waals surface area (Å²) in [6, 6.07) is 21.5. The van der Waals surface area contributed by atoms with Gasteiger partial charge in [-0.05, 0) is 61.4 Å². The maximum absolute atomic E-state index is 11.8. The van der Waals surface area contributed by atoms with Crippen LogP contribution in [0.2, 0.25) is 0 Å². The molecule has 0 unspecified atom stereocenters. The Morgan fingerprint density at radius 2 is 0.947 bits per heavy atom. The van der Waals surface area contributed by atoms with Crippen molar-refractivity contribution >= 4 is 59.1 Å². The second-order valence-corrected chi connectivity index (χ2v) is 8.87. The molecule has 316 valence electrons. The monoisotopic (exact) mass is 954 g/mol. The summed E-state index contributed by atoms with van der Waals surface area (Å²) in [6.07, 6.45) is 6.55. The average molecular weight is 957 g/mol. The zero-order chi connectivity index (χ0) is 42.2. The molecule has 0 saturated carbocycles. The van der Waals surface area contributed by atoms with Gasteiger partial charge in [-0.1, -0.05) is 72.3 Å². The van der Waals surface area contributed by atoms with Gasteiger partial charge in [0.1, 0.15) is 11.5 Å². The molecule has 0 amide bonds. The van der Waals surface area contributed by atoms with Gasteiger partial charge in [-0.25, -0.2) is 0 Å². The number of hydrogen-bond acceptors (Lipinski definition) is 16. The molecule has 0 aliphatic carbocycles. The number of aliphatic imine (C=N–C) groups is 2. The summed E-state index contributed by atoms with van der Waals surface area (Å²) >= 11 is 7.40. The molecule has 0 aliphatic rings. The van der Waals surface area contributed by atoms with E-state index in [0.717, 1.165) is 39.5 Å². The number of carbonyl (C=O) groups is 2. The summed E-state index contributed by atoms with van der Waals surface area (Å²) in [4.78, 5) is 34.5. The zero-order valence-corrected chi connectivity index (χ0v) is 35.9. The normalized spacial score (nSPS) is 8.14. The molecular formula is C36H40N6Ni3O10S2. The Morgan fingerprint density at radius 3 is 1.18 bits per heavy atom. The molecule has 2 heterocycles. The topological polar surface area (TPSA) is 280 Å². The molecule has 16 nitrogen and oxygen atoms in total. The molecule has 21 heteroatoms. The number of methoxy groups -OCH3 is 2. The third-order valence-corrected chi connectivity index (χ3v) is 4.88. The molecule has 0 saturated heterocycles. The van der Waals surface area contributed by atoms with Crippen molar-refractivity contribution in [2.45, 2.75) is 26.9 Å². The van der Waals surface area contributed by atoms with Crippen LogP contribution in [0.3, 0.4) is 0 Å². The second kappa shape index (κ2) is 49.2. The quantitative estimate of drug-likeness (QED) is 0.144. The van der Waals surface area contributed by atoms with Gasteiger partial charge in [-0.2, -0.15) is 10.3 Å². The Bertz CT molecular complexity index is 1570. The molecule has 0 spiro atoms. The summed E-state index contributed by atoms with van der Waals surface area (Å²) < 4.78 is 9.93. The number of carboxylic acids is 2. The molecule has 0 fully saturated rings. The first-order valence-corrected chi connectivity index (χ1v) is 15.5. The van der Waals surface area contributed by atoms with Gasteiger partial charge in [-0.3, -0.25) is 20.0 Å². The molecule has 0 aliphatic heterocycles. The van der Waals surface area contributed by atoms with Crippen molar-refractivity contribution in [2.75, 3.05) is 28.4 Å². The number of thiocarbonyl (C=S) groups is 2. The number of para-hydroxylation sites is 2. The van der Waals surface area contributed by atoms with E-state index in [1.54, 1.807) is 61.2 Å². The molecule has 2 N–H and O–H groups in total. The van der Waals surface area contributed by atoms with Crippen LogP contribution in [0.4, 0.5) is 0 Å². The third kappa shape index (κ3) is 40.7. The summed E-state index contributed by atoms with van der Waals surface area (Å²) in [5.41, 5.74) is 2.77. The van der Waals surface area contributed by atoms with Crippen molar-refractivity contribution in [3.8, 4) is 23.0 Å². The van der Waals surface area contributed by atoms with E-state index >= 15 is 0 Å². The zero-order valence-electron chi connectivity index (χ0n) is 31.3. The van der Waals surface area contributed by atoms with Crippen LogP contribution in [0.25, 0.3) is 10.8 Å². The number of ether oxygens (including phenoxy) is 2. The van der Waals surface area contributed by atoms with Gasteiger partial charge in [0.25, 0.3) is 0 Å². The number of pyridine rings is 2. The predicted octanol–water partition coefficient (Wildman–Crippen LogP) is 1.60. The molecule has 0 radical (unpaired) electrons. The molecular weight excluding hydrogens is 917 g/mol. The van der Waals surface area contributed by atoms with Crippen LogP contribution in [-0.2, 0) is 72.2 Å². The number of rotatable bonds is 8. The number of carboxylic acid groups (broad SMARTS) is 2. The van der Waals surface area contributed by atoms with Gasteiger partial charge in [0.05, 0.1) is 38.7 Å². The largest absolute Gasteiger partial charge is 2.00 e. The van der Waals surface area contributed by atoms with Gasteiger partial charge in [0.15, 0.2) is 0 Å². The van der Waals surface area contributed by atoms with Gasteiger partial charge in [0.2, 0.25) is 0 Å². The smallest absolute Gasteiger partial charge is 0.870 e. The van der Waals surface area contributed by atoms with E-state index in [0.29, 0.717) is 35.7 Å². The molecule has 0 atom stereocenters. The van der Waals surface area contributed by atoms with Crippen LogP contribution in [-0.4, -0.2) is 83.3 Å². The standard InChI is InChI=1S/2C14H14N2O2.2C2H4O2.2CNS.2CH4O.3Ni/c2*1-18-13-7-4-5-11(14(13)17)9-15-10-12-6-2-3-8-16-12;2*1-2(3)4;2*2-1-3;2*1-2;;;/h2*2-9,17H,10H2,1H3;2*1H3,(H,3,4);;;2*2H,1H3;;;/q;;;;2*-1;;;3*+2/p-4. The Hall–Kier alpha value is -4.78. The summed E-state index contributed by atoms with van der Waals surface area (Å²) in [6.45, 7) is 2.86. The Balaban J connectivity index is -0.000000120. The number of carbonyl (C=O) groups excluding carboxylic acids is 2. The number of aromatic nitrogens is 2. The van der Waals surface area contributed by atoms with Crippen molar-refractivity contribution < 1.29 is 99.2 Å². The van der Waals surface area contributed by atoms with Crippen molar-refractivity contribution in [2.24, 2.45) is 9.98 Å². The number of nitrogens with zero attached hydrogens (tertiary/aromatic N) is 6. The first kappa shape index (κ1) is 67.0. The Morgan fingerprint density at radius 1 is 0.667 bits per heavy atom. The van der Waals surface area contributed by atoms with Crippen LogP contribution < -0.4 is 29.9 Å². The number of aliphatic carboxylic acids is 2. The van der Waals surface area contributed by atoms with Crippen molar-refractivity contribution in [3.05, 3.63) is 119 Å². The van der Waals surface area contributed by atoms with Crippen LogP contribution in [0.5, 0.6) is 23.0 Å². The fourth-order valence-corrected chi connectivity index (χ4v) is 3.05. The molecule has 4 aromatic rings. The van der Waals surface area contributed by atoms with E-state index in [9.17, 15) is 10.2 Å². The van der Waals surface area contributed by atoms with Gasteiger partial charge >= 0.3 is 49.5 Å². The first-order valence-electron chi connectivity index (χ1n) is 14.7. The molecule has 2 aromatic carbocycles. The van der Waals surface area contributed by atoms with Crippen LogP contribution in [0, 0.1) is 0 Å².